The van der Waals surface area contributed by atoms with E-state index in [1.165, 1.54) is 0 Å². The Hall–Kier alpha value is -2.24. The van der Waals surface area contributed by atoms with Crippen molar-refractivity contribution in [2.45, 2.75) is 6.10 Å². The van der Waals surface area contributed by atoms with Gasteiger partial charge >= 0.3 is 0 Å². The van der Waals surface area contributed by atoms with Crippen LogP contribution in [0.15, 0.2) is 48.5 Å². The van der Waals surface area contributed by atoms with Crippen molar-refractivity contribution in [2.75, 3.05) is 32.1 Å². The summed E-state index contributed by atoms with van der Waals surface area (Å²) in [5, 5.41) is 3.33. The molecule has 0 aliphatic carbocycles. The van der Waals surface area contributed by atoms with Crippen molar-refractivity contribution in [3.8, 4) is 11.5 Å². The molecular weight excluding hydrogens is 328 g/mol. The van der Waals surface area contributed by atoms with E-state index < -0.39 is 0 Å². The van der Waals surface area contributed by atoms with Crippen molar-refractivity contribution in [3.63, 3.8) is 0 Å². The average molecular weight is 347 g/mol. The second-order valence-electron chi connectivity index (χ2n) is 5.72. The number of hydrogen-bond donors (Lipinski definition) is 1. The molecular formula is C18H19ClN2O3. The van der Waals surface area contributed by atoms with Crippen LogP contribution < -0.4 is 14.8 Å². The molecule has 5 nitrogen and oxygen atoms in total. The van der Waals surface area contributed by atoms with E-state index >= 15 is 0 Å². The van der Waals surface area contributed by atoms with Gasteiger partial charge in [0.1, 0.15) is 12.7 Å². The average Bonchev–Trinajstić information content (AvgIpc) is 2.56. The van der Waals surface area contributed by atoms with Crippen LogP contribution in [0.2, 0.25) is 5.02 Å². The van der Waals surface area contributed by atoms with Gasteiger partial charge in [-0.1, -0.05) is 35.9 Å². The number of fused-ring (bicyclic) bond motifs is 1. The minimum atomic E-state index is -0.122. The third kappa shape index (κ3) is 4.19. The van der Waals surface area contributed by atoms with Gasteiger partial charge in [-0.2, -0.15) is 0 Å². The Morgan fingerprint density at radius 3 is 2.71 bits per heavy atom. The second-order valence-corrected chi connectivity index (χ2v) is 6.13. The maximum atomic E-state index is 12.1. The summed E-state index contributed by atoms with van der Waals surface area (Å²) in [5.41, 5.74) is 0.615. The highest BCUT2D eigenvalue weighted by molar-refractivity contribution is 6.33. The number of halogens is 1. The van der Waals surface area contributed by atoms with Gasteiger partial charge in [-0.05, 0) is 31.3 Å². The summed E-state index contributed by atoms with van der Waals surface area (Å²) in [6.45, 7) is 1.30. The zero-order chi connectivity index (χ0) is 16.9. The first-order valence-electron chi connectivity index (χ1n) is 7.73. The summed E-state index contributed by atoms with van der Waals surface area (Å²) in [6, 6.07) is 14.7. The van der Waals surface area contributed by atoms with Crippen LogP contribution >= 0.6 is 11.6 Å². The highest BCUT2D eigenvalue weighted by Gasteiger charge is 2.22. The lowest BCUT2D eigenvalue weighted by atomic mass is 10.2. The Kier molecular flexibility index (Phi) is 5.23. The fraction of sp³-hybridized carbons (Fsp3) is 0.278. The standard InChI is InChI=1S/C18H19ClN2O3/c1-21(11-18(22)20-15-7-3-2-6-14(15)19)10-13-12-23-16-8-4-5-9-17(16)24-13/h2-9,13H,10-12H2,1H3,(H,20,22)/t13-/m1/s1. The zero-order valence-electron chi connectivity index (χ0n) is 13.4. The molecule has 0 unspecified atom stereocenters. The number of likely N-dealkylation sites (N-methyl/N-ethyl adjacent to an activating group) is 1. The van der Waals surface area contributed by atoms with Gasteiger partial charge in [-0.25, -0.2) is 0 Å². The molecule has 1 aliphatic heterocycles. The molecule has 2 aromatic rings. The molecule has 0 saturated carbocycles. The molecule has 3 rings (SSSR count). The molecule has 1 N–H and O–H groups in total. The smallest absolute Gasteiger partial charge is 0.238 e. The highest BCUT2D eigenvalue weighted by atomic mass is 35.5. The van der Waals surface area contributed by atoms with E-state index in [2.05, 4.69) is 5.32 Å². The van der Waals surface area contributed by atoms with Crippen LogP contribution in [0.1, 0.15) is 0 Å². The van der Waals surface area contributed by atoms with Crippen molar-refractivity contribution in [1.29, 1.82) is 0 Å². The van der Waals surface area contributed by atoms with Gasteiger partial charge in [-0.3, -0.25) is 9.69 Å². The second kappa shape index (κ2) is 7.55. The van der Waals surface area contributed by atoms with Crippen LogP contribution in [0.5, 0.6) is 11.5 Å². The number of ether oxygens (including phenoxy) is 2. The monoisotopic (exact) mass is 346 g/mol. The first-order chi connectivity index (χ1) is 11.6. The van der Waals surface area contributed by atoms with E-state index in [-0.39, 0.29) is 18.6 Å². The van der Waals surface area contributed by atoms with Gasteiger partial charge < -0.3 is 14.8 Å². The first-order valence-corrected chi connectivity index (χ1v) is 8.11. The molecule has 0 saturated heterocycles. The van der Waals surface area contributed by atoms with Gasteiger partial charge in [0.05, 0.1) is 17.3 Å². The van der Waals surface area contributed by atoms with Gasteiger partial charge in [0.25, 0.3) is 0 Å². The number of carbonyl (C=O) groups is 1. The van der Waals surface area contributed by atoms with Gasteiger partial charge in [0, 0.05) is 6.54 Å². The summed E-state index contributed by atoms with van der Waals surface area (Å²) in [5.74, 6) is 1.37. The molecule has 0 spiro atoms. The number of carbonyl (C=O) groups excluding carboxylic acids is 1. The summed E-state index contributed by atoms with van der Waals surface area (Å²) >= 11 is 6.04. The largest absolute Gasteiger partial charge is 0.486 e. The fourth-order valence-electron chi connectivity index (χ4n) is 2.56. The number of anilines is 1. The Labute approximate surface area is 146 Å². The lowest BCUT2D eigenvalue weighted by molar-refractivity contribution is -0.117. The molecule has 1 heterocycles. The van der Waals surface area contributed by atoms with Crippen molar-refractivity contribution in [2.24, 2.45) is 0 Å². The topological polar surface area (TPSA) is 50.8 Å². The molecule has 1 amide bonds. The highest BCUT2D eigenvalue weighted by Crippen LogP contribution is 2.30. The SMILES string of the molecule is CN(CC(=O)Nc1ccccc1Cl)C[C@@H]1COc2ccccc2O1. The Morgan fingerprint density at radius 1 is 1.21 bits per heavy atom. The maximum absolute atomic E-state index is 12.1. The normalized spacial score (nSPS) is 16.0. The lowest BCUT2D eigenvalue weighted by Crippen LogP contribution is -2.42. The molecule has 126 valence electrons. The number of nitrogens with zero attached hydrogens (tertiary/aromatic N) is 1. The minimum Gasteiger partial charge on any atom is -0.486 e. The third-order valence-corrected chi connectivity index (χ3v) is 3.97. The minimum absolute atomic E-state index is 0.113. The van der Waals surface area contributed by atoms with E-state index in [1.807, 2.05) is 48.3 Å². The van der Waals surface area contributed by atoms with Crippen LogP contribution in [0.25, 0.3) is 0 Å². The predicted molar refractivity (Wildman–Crippen MR) is 93.9 cm³/mol. The molecule has 1 atom stereocenters. The van der Waals surface area contributed by atoms with Crippen molar-refractivity contribution < 1.29 is 14.3 Å². The lowest BCUT2D eigenvalue weighted by Gasteiger charge is -2.29. The zero-order valence-corrected chi connectivity index (χ0v) is 14.1. The number of amides is 1. The number of benzene rings is 2. The van der Waals surface area contributed by atoms with Crippen LogP contribution in [0.4, 0.5) is 5.69 Å². The summed E-state index contributed by atoms with van der Waals surface area (Å²) in [6.07, 6.45) is -0.113. The number of rotatable bonds is 5. The van der Waals surface area contributed by atoms with Crippen LogP contribution in [-0.2, 0) is 4.79 Å². The fourth-order valence-corrected chi connectivity index (χ4v) is 2.75. The van der Waals surface area contributed by atoms with Crippen LogP contribution in [0, 0.1) is 0 Å². The predicted octanol–water partition coefficient (Wildman–Crippen LogP) is 3.05. The number of nitrogens with one attached hydrogen (secondary N) is 1. The van der Waals surface area contributed by atoms with Gasteiger partial charge in [0.2, 0.25) is 5.91 Å². The molecule has 0 fully saturated rings. The van der Waals surface area contributed by atoms with Crippen LogP contribution in [0.3, 0.4) is 0 Å². The van der Waals surface area contributed by atoms with E-state index in [1.54, 1.807) is 12.1 Å². The Balaban J connectivity index is 1.50. The van der Waals surface area contributed by atoms with Crippen molar-refractivity contribution in [1.82, 2.24) is 4.90 Å². The summed E-state index contributed by atoms with van der Waals surface area (Å²) in [7, 11) is 1.87. The summed E-state index contributed by atoms with van der Waals surface area (Å²) in [4.78, 5) is 14.0. The van der Waals surface area contributed by atoms with Crippen molar-refractivity contribution >= 4 is 23.2 Å². The quantitative estimate of drug-likeness (QED) is 0.904. The van der Waals surface area contributed by atoms with E-state index in [0.717, 1.165) is 11.5 Å². The van der Waals surface area contributed by atoms with E-state index in [4.69, 9.17) is 21.1 Å². The molecule has 6 heteroatoms. The van der Waals surface area contributed by atoms with Crippen LogP contribution in [-0.4, -0.2) is 43.7 Å². The molecule has 1 aliphatic rings. The molecule has 2 aromatic carbocycles. The Bertz CT molecular complexity index is 723. The third-order valence-electron chi connectivity index (χ3n) is 3.64. The first kappa shape index (κ1) is 16.6. The van der Waals surface area contributed by atoms with Gasteiger partial charge in [-0.15, -0.1) is 0 Å². The number of hydrogen-bond acceptors (Lipinski definition) is 4. The summed E-state index contributed by atoms with van der Waals surface area (Å²) < 4.78 is 11.6. The molecule has 0 radical (unpaired) electrons. The molecule has 0 bridgehead atoms. The number of para-hydroxylation sites is 3. The maximum Gasteiger partial charge on any atom is 0.238 e. The van der Waals surface area contributed by atoms with E-state index in [9.17, 15) is 4.79 Å². The van der Waals surface area contributed by atoms with Gasteiger partial charge in [0.15, 0.2) is 11.5 Å². The Morgan fingerprint density at radius 2 is 1.92 bits per heavy atom. The van der Waals surface area contributed by atoms with E-state index in [0.29, 0.717) is 23.9 Å². The molecule has 0 aromatic heterocycles. The molecule has 24 heavy (non-hydrogen) atoms. The van der Waals surface area contributed by atoms with Crippen molar-refractivity contribution in [3.05, 3.63) is 53.6 Å².